The lowest BCUT2D eigenvalue weighted by Gasteiger charge is -2.30. The molecule has 4 heterocycles. The Morgan fingerprint density at radius 1 is 0.500 bits per heavy atom. The van der Waals surface area contributed by atoms with Crippen molar-refractivity contribution in [1.29, 1.82) is 0 Å². The average Bonchev–Trinajstić information content (AvgIpc) is 3.90. The molecule has 0 atom stereocenters. The summed E-state index contributed by atoms with van der Waals surface area (Å²) in [6.07, 6.45) is 7.07. The first-order chi connectivity index (χ1) is 31.1. The van der Waals surface area contributed by atoms with Gasteiger partial charge in [-0.25, -0.2) is 9.97 Å². The molecule has 64 heavy (non-hydrogen) atoms. The number of carbonyl (C=O) groups excluding carboxylic acids is 1. The Hall–Kier alpha value is -5.21. The van der Waals surface area contributed by atoms with Gasteiger partial charge in [-0.3, -0.25) is 19.3 Å². The van der Waals surface area contributed by atoms with Gasteiger partial charge in [-0.15, -0.1) is 0 Å². The van der Waals surface area contributed by atoms with Gasteiger partial charge in [-0.1, -0.05) is 79.7 Å². The van der Waals surface area contributed by atoms with Gasteiger partial charge in [-0.2, -0.15) is 0 Å². The smallest absolute Gasteiger partial charge is 0.229 e. The number of nitrogens with zero attached hydrogens (tertiary/aromatic N) is 12. The molecule has 0 aliphatic carbocycles. The number of anilines is 2. The molecule has 6 rings (SSSR count). The quantitative estimate of drug-likeness (QED) is 0.0587. The molecule has 0 spiro atoms. The van der Waals surface area contributed by atoms with Crippen molar-refractivity contribution < 1.29 is 4.79 Å². The number of aromatic nitrogens is 6. The molecule has 0 unspecified atom stereocenters. The van der Waals surface area contributed by atoms with Gasteiger partial charge in [0.05, 0.1) is 23.4 Å². The Kier molecular flexibility index (Phi) is 19.7. The maximum atomic E-state index is 12.5. The van der Waals surface area contributed by atoms with Gasteiger partial charge < -0.3 is 34.0 Å². The molecule has 2 aromatic carbocycles. The molecule has 0 bridgehead atoms. The van der Waals surface area contributed by atoms with E-state index in [-0.39, 0.29) is 5.91 Å². The molecule has 0 saturated carbocycles. The lowest BCUT2D eigenvalue weighted by Crippen LogP contribution is -2.40. The van der Waals surface area contributed by atoms with Crippen LogP contribution >= 0.6 is 0 Å². The maximum Gasteiger partial charge on any atom is 0.229 e. The Bertz CT molecular complexity index is 2270. The van der Waals surface area contributed by atoms with Gasteiger partial charge in [0.25, 0.3) is 0 Å². The van der Waals surface area contributed by atoms with E-state index in [2.05, 4.69) is 149 Å². The van der Waals surface area contributed by atoms with Gasteiger partial charge in [0.15, 0.2) is 0 Å². The second-order valence-corrected chi connectivity index (χ2v) is 16.2. The van der Waals surface area contributed by atoms with Crippen LogP contribution in [-0.2, 0) is 7.05 Å². The zero-order valence-electron chi connectivity index (χ0n) is 40.7. The van der Waals surface area contributed by atoms with Crippen LogP contribution in [0.15, 0.2) is 85.5 Å². The zero-order valence-corrected chi connectivity index (χ0v) is 40.7. The minimum Gasteiger partial charge on any atom is -0.369 e. The van der Waals surface area contributed by atoms with E-state index in [0.29, 0.717) is 5.82 Å². The fraction of sp³-hybridized carbons (Fsp3) is 0.510. The summed E-state index contributed by atoms with van der Waals surface area (Å²) in [5, 5.41) is 0. The van der Waals surface area contributed by atoms with Crippen LogP contribution in [-0.4, -0.2) is 159 Å². The fourth-order valence-corrected chi connectivity index (χ4v) is 8.39. The summed E-state index contributed by atoms with van der Waals surface area (Å²) in [4.78, 5) is 45.4. The highest BCUT2D eigenvalue weighted by molar-refractivity contribution is 5.94. The number of fused-ring (bicyclic) bond motifs is 2. The number of pyridine rings is 2. The standard InChI is InChI=1S/C26H38N6O.C25H38N6/c1-6-29(7-2)15-17-31(18-16-30(8-3)9-4)23-12-10-11-22(19-23)26-28-24-20-27-14-13-25(24)32(26)21(5)33;1-6-29(7-2)15-17-31(18-16-30(8-3)9-4)22-12-10-11-21(19-22)25-27-23-20-26-14-13-24(23)28(25)5/h10-14,19-20H,6-9,15-18H2,1-5H3;10-14,19-20H,6-9,15-18H2,1-5H3. The second-order valence-electron chi connectivity index (χ2n) is 16.2. The van der Waals surface area contributed by atoms with Gasteiger partial charge in [0.2, 0.25) is 5.91 Å². The van der Waals surface area contributed by atoms with Crippen molar-refractivity contribution >= 4 is 39.3 Å². The number of hydrogen-bond donors (Lipinski definition) is 0. The largest absolute Gasteiger partial charge is 0.369 e. The van der Waals surface area contributed by atoms with Crippen molar-refractivity contribution in [2.45, 2.75) is 62.3 Å². The fourth-order valence-electron chi connectivity index (χ4n) is 8.39. The first-order valence-electron chi connectivity index (χ1n) is 23.8. The van der Waals surface area contributed by atoms with Crippen LogP contribution < -0.4 is 9.80 Å². The lowest BCUT2D eigenvalue weighted by molar-refractivity contribution is 0.0943. The number of aryl methyl sites for hydroxylation is 1. The lowest BCUT2D eigenvalue weighted by atomic mass is 10.1. The summed E-state index contributed by atoms with van der Waals surface area (Å²) < 4.78 is 3.85. The van der Waals surface area contributed by atoms with E-state index in [0.717, 1.165) is 149 Å². The molecular formula is C51H76N12O. The summed E-state index contributed by atoms with van der Waals surface area (Å²) in [6, 6.07) is 21.1. The molecule has 0 aliphatic rings. The highest BCUT2D eigenvalue weighted by Crippen LogP contribution is 2.29. The van der Waals surface area contributed by atoms with Crippen LogP contribution in [0.3, 0.4) is 0 Å². The van der Waals surface area contributed by atoms with Gasteiger partial charge in [0.1, 0.15) is 22.7 Å². The molecular weight excluding hydrogens is 797 g/mol. The third-order valence-electron chi connectivity index (χ3n) is 12.7. The number of hydrogen-bond acceptors (Lipinski definition) is 11. The first kappa shape index (κ1) is 49.8. The van der Waals surface area contributed by atoms with Crippen molar-refractivity contribution in [2.24, 2.45) is 7.05 Å². The van der Waals surface area contributed by atoms with Crippen molar-refractivity contribution in [3.05, 3.63) is 85.5 Å². The molecule has 0 radical (unpaired) electrons. The van der Waals surface area contributed by atoms with Crippen LogP contribution in [0.2, 0.25) is 0 Å². The van der Waals surface area contributed by atoms with E-state index in [1.54, 1.807) is 23.9 Å². The van der Waals surface area contributed by atoms with E-state index in [4.69, 9.17) is 9.97 Å². The highest BCUT2D eigenvalue weighted by atomic mass is 16.1. The molecule has 6 aromatic rings. The minimum absolute atomic E-state index is 0.0518. The summed E-state index contributed by atoms with van der Waals surface area (Å²) in [7, 11) is 2.08. The summed E-state index contributed by atoms with van der Waals surface area (Å²) in [5.41, 5.74) is 8.07. The van der Waals surface area contributed by atoms with Crippen LogP contribution in [0.4, 0.5) is 11.4 Å². The molecule has 0 fully saturated rings. The van der Waals surface area contributed by atoms with Gasteiger partial charge in [-0.05, 0) is 88.8 Å². The van der Waals surface area contributed by atoms with Crippen molar-refractivity contribution in [1.82, 2.24) is 48.7 Å². The van der Waals surface area contributed by atoms with Crippen LogP contribution in [0.1, 0.15) is 67.1 Å². The van der Waals surface area contributed by atoms with E-state index < -0.39 is 0 Å². The molecule has 346 valence electrons. The van der Waals surface area contributed by atoms with Crippen LogP contribution in [0.5, 0.6) is 0 Å². The molecule has 13 nitrogen and oxygen atoms in total. The van der Waals surface area contributed by atoms with E-state index in [1.165, 1.54) is 5.69 Å². The zero-order chi connectivity index (χ0) is 46.0. The maximum absolute atomic E-state index is 12.5. The Morgan fingerprint density at radius 3 is 1.27 bits per heavy atom. The molecule has 13 heteroatoms. The van der Waals surface area contributed by atoms with E-state index in [9.17, 15) is 4.79 Å². The first-order valence-corrected chi connectivity index (χ1v) is 23.8. The Balaban J connectivity index is 0.000000241. The monoisotopic (exact) mass is 873 g/mol. The SMILES string of the molecule is CCN(CC)CCN(CCN(CC)CC)c1cccc(-c2nc3cnccc3n2C(C)=O)c1.CCN(CC)CCN(CCN(CC)CC)c1cccc(-c2nc3cnccc3n2C)c1. The molecule has 4 aromatic heterocycles. The van der Waals surface area contributed by atoms with Gasteiger partial charge in [0, 0.05) is 101 Å². The van der Waals surface area contributed by atoms with Gasteiger partial charge >= 0.3 is 0 Å². The third kappa shape index (κ3) is 13.0. The Labute approximate surface area is 383 Å². The molecule has 0 saturated heterocycles. The topological polar surface area (TPSA) is 97.9 Å². The summed E-state index contributed by atoms with van der Waals surface area (Å²) in [5.74, 6) is 1.60. The average molecular weight is 873 g/mol. The minimum atomic E-state index is -0.0518. The third-order valence-corrected chi connectivity index (χ3v) is 12.7. The summed E-state index contributed by atoms with van der Waals surface area (Å²) in [6.45, 7) is 36.1. The number of likely N-dealkylation sites (N-methyl/N-ethyl adjacent to an activating group) is 4. The molecule has 0 aliphatic heterocycles. The molecule has 0 amide bonds. The number of rotatable bonds is 24. The van der Waals surface area contributed by atoms with Crippen molar-refractivity contribution in [3.8, 4) is 22.8 Å². The number of carbonyl (C=O) groups is 1. The predicted molar refractivity (Wildman–Crippen MR) is 269 cm³/mol. The van der Waals surface area contributed by atoms with E-state index >= 15 is 0 Å². The predicted octanol–water partition coefficient (Wildman–Crippen LogP) is 8.37. The van der Waals surface area contributed by atoms with Crippen molar-refractivity contribution in [3.63, 3.8) is 0 Å². The number of benzene rings is 2. The Morgan fingerprint density at radius 2 is 0.875 bits per heavy atom. The van der Waals surface area contributed by atoms with Crippen LogP contribution in [0.25, 0.3) is 44.8 Å². The normalized spacial score (nSPS) is 11.7. The highest BCUT2D eigenvalue weighted by Gasteiger charge is 2.19. The summed E-state index contributed by atoms with van der Waals surface area (Å²) >= 11 is 0. The van der Waals surface area contributed by atoms with Crippen LogP contribution in [0, 0.1) is 0 Å². The number of imidazole rings is 2. The van der Waals surface area contributed by atoms with E-state index in [1.807, 2.05) is 30.6 Å². The second kappa shape index (κ2) is 25.3. The molecule has 0 N–H and O–H groups in total. The van der Waals surface area contributed by atoms with Crippen molar-refractivity contribution in [2.75, 3.05) is 115 Å².